The molecule has 0 aliphatic carbocycles. The van der Waals surface area contributed by atoms with Gasteiger partial charge in [0.15, 0.2) is 14.4 Å². The van der Waals surface area contributed by atoms with Crippen LogP contribution >= 0.6 is 0 Å². The van der Waals surface area contributed by atoms with Crippen molar-refractivity contribution in [3.8, 4) is 6.07 Å². The average Bonchev–Trinajstić information content (AvgIpc) is 2.14. The summed E-state index contributed by atoms with van der Waals surface area (Å²) in [6.07, 6.45) is 1.15. The van der Waals surface area contributed by atoms with Crippen molar-refractivity contribution < 1.29 is 4.43 Å². The van der Waals surface area contributed by atoms with Gasteiger partial charge in [0.1, 0.15) is 0 Å². The van der Waals surface area contributed by atoms with Crippen molar-refractivity contribution in [1.29, 1.82) is 5.26 Å². The lowest BCUT2D eigenvalue weighted by Gasteiger charge is -2.20. The van der Waals surface area contributed by atoms with Crippen LogP contribution in [0, 0.1) is 11.3 Å². The van der Waals surface area contributed by atoms with Crippen LogP contribution < -0.4 is 0 Å². The predicted octanol–water partition coefficient (Wildman–Crippen LogP) is 2.50. The van der Waals surface area contributed by atoms with Crippen molar-refractivity contribution in [2.24, 2.45) is 0 Å². The van der Waals surface area contributed by atoms with Crippen LogP contribution in [0.25, 0.3) is 0 Å². The molecule has 1 rings (SSSR count). The first-order valence-electron chi connectivity index (χ1n) is 4.51. The van der Waals surface area contributed by atoms with Gasteiger partial charge in [-0.2, -0.15) is 5.26 Å². The molecule has 0 amide bonds. The van der Waals surface area contributed by atoms with E-state index in [-0.39, 0.29) is 0 Å². The monoisotopic (exact) mass is 206 g/mol. The molecule has 0 bridgehead atoms. The van der Waals surface area contributed by atoms with Crippen LogP contribution in [0.5, 0.6) is 0 Å². The van der Waals surface area contributed by atoms with E-state index in [1.807, 2.05) is 18.2 Å². The van der Waals surface area contributed by atoms with Crippen LogP contribution in [-0.2, 0) is 4.43 Å². The van der Waals surface area contributed by atoms with E-state index in [1.165, 1.54) is 0 Å². The largest absolute Gasteiger partial charge is 0.398 e. The minimum atomic E-state index is -1.69. The zero-order valence-corrected chi connectivity index (χ0v) is 9.69. The van der Waals surface area contributed by atoms with E-state index in [4.69, 9.17) is 9.69 Å². The first-order valence-corrected chi connectivity index (χ1v) is 7.92. The highest BCUT2D eigenvalue weighted by Gasteiger charge is 2.22. The Balaban J connectivity index is 2.80. The minimum Gasteiger partial charge on any atom is -0.398 e. The second kappa shape index (κ2) is 4.36. The van der Waals surface area contributed by atoms with E-state index < -0.39 is 14.4 Å². The van der Waals surface area contributed by atoms with Crippen LogP contribution in [0.1, 0.15) is 11.8 Å². The maximum Gasteiger partial charge on any atom is 0.186 e. The Bertz CT molecular complexity index is 326. The predicted molar refractivity (Wildman–Crippen MR) is 57.0 cm³/mol. The molecule has 0 saturated carbocycles. The van der Waals surface area contributed by atoms with Gasteiger partial charge in [0.05, 0.1) is 11.8 Å². The Hall–Kier alpha value is -1.18. The molecule has 1 aromatic rings. The van der Waals surface area contributed by atoms with Gasteiger partial charge in [0, 0.05) is 6.20 Å². The fourth-order valence-corrected chi connectivity index (χ4v) is 1.92. The maximum atomic E-state index is 8.95. The Kier molecular flexibility index (Phi) is 3.39. The van der Waals surface area contributed by atoms with Gasteiger partial charge in [-0.25, -0.2) is 0 Å². The molecule has 74 valence electrons. The van der Waals surface area contributed by atoms with Crippen molar-refractivity contribution in [2.75, 3.05) is 0 Å². The number of aromatic nitrogens is 1. The lowest BCUT2D eigenvalue weighted by molar-refractivity contribution is 0.250. The molecule has 1 atom stereocenters. The molecule has 0 aliphatic heterocycles. The number of nitrogens with zero attached hydrogens (tertiary/aromatic N) is 2. The second-order valence-corrected chi connectivity index (χ2v) is 8.45. The van der Waals surface area contributed by atoms with E-state index in [2.05, 4.69) is 30.7 Å². The first kappa shape index (κ1) is 10.9. The smallest absolute Gasteiger partial charge is 0.186 e. The van der Waals surface area contributed by atoms with Crippen LogP contribution in [0.3, 0.4) is 0 Å². The Morgan fingerprint density at radius 2 is 2.14 bits per heavy atom. The van der Waals surface area contributed by atoms with E-state index in [9.17, 15) is 0 Å². The summed E-state index contributed by atoms with van der Waals surface area (Å²) in [7, 11) is -1.69. The molecule has 0 radical (unpaired) electrons. The summed E-state index contributed by atoms with van der Waals surface area (Å²) in [5, 5.41) is 8.95. The topological polar surface area (TPSA) is 45.9 Å². The Morgan fingerprint density at radius 3 is 2.57 bits per heavy atom. The minimum absolute atomic E-state index is 0.525. The van der Waals surface area contributed by atoms with Crippen molar-refractivity contribution >= 4 is 8.32 Å². The van der Waals surface area contributed by atoms with Crippen LogP contribution in [0.4, 0.5) is 0 Å². The molecule has 0 unspecified atom stereocenters. The van der Waals surface area contributed by atoms with Gasteiger partial charge < -0.3 is 4.43 Å². The van der Waals surface area contributed by atoms with Gasteiger partial charge in [-0.15, -0.1) is 0 Å². The Labute approximate surface area is 85.5 Å². The van der Waals surface area contributed by atoms with Gasteiger partial charge in [-0.1, -0.05) is 6.07 Å². The molecule has 0 saturated heterocycles. The summed E-state index contributed by atoms with van der Waals surface area (Å²) in [4.78, 5) is 4.11. The highest BCUT2D eigenvalue weighted by molar-refractivity contribution is 6.69. The van der Waals surface area contributed by atoms with Crippen LogP contribution in [0.15, 0.2) is 24.4 Å². The van der Waals surface area contributed by atoms with Crippen molar-refractivity contribution in [3.63, 3.8) is 0 Å². The molecule has 0 aliphatic rings. The SMILES string of the molecule is C[Si](C)(C)O[C@H](C#N)c1ccccn1. The summed E-state index contributed by atoms with van der Waals surface area (Å²) in [5.41, 5.74) is 0.692. The van der Waals surface area contributed by atoms with Crippen molar-refractivity contribution in [3.05, 3.63) is 30.1 Å². The zero-order chi connectivity index (χ0) is 10.6. The summed E-state index contributed by atoms with van der Waals surface area (Å²) < 4.78 is 5.69. The molecule has 3 nitrogen and oxygen atoms in total. The maximum absolute atomic E-state index is 8.95. The van der Waals surface area contributed by atoms with Gasteiger partial charge >= 0.3 is 0 Å². The molecule has 14 heavy (non-hydrogen) atoms. The fraction of sp³-hybridized carbons (Fsp3) is 0.400. The van der Waals surface area contributed by atoms with Crippen molar-refractivity contribution in [1.82, 2.24) is 4.98 Å². The second-order valence-electron chi connectivity index (χ2n) is 3.99. The third-order valence-corrected chi connectivity index (χ3v) is 2.49. The molecular formula is C10H14N2OSi. The lowest BCUT2D eigenvalue weighted by Crippen LogP contribution is -2.27. The van der Waals surface area contributed by atoms with E-state index in [1.54, 1.807) is 6.20 Å². The summed E-state index contributed by atoms with van der Waals surface area (Å²) in [6.45, 7) is 6.17. The summed E-state index contributed by atoms with van der Waals surface area (Å²) in [5.74, 6) is 0. The van der Waals surface area contributed by atoms with E-state index >= 15 is 0 Å². The van der Waals surface area contributed by atoms with Crippen LogP contribution in [0.2, 0.25) is 19.6 Å². The number of nitriles is 1. The third kappa shape index (κ3) is 3.28. The summed E-state index contributed by atoms with van der Waals surface area (Å²) >= 11 is 0. The fourth-order valence-electron chi connectivity index (χ4n) is 1.04. The highest BCUT2D eigenvalue weighted by atomic mass is 28.4. The van der Waals surface area contributed by atoms with Gasteiger partial charge in [-0.3, -0.25) is 4.98 Å². The molecule has 0 spiro atoms. The highest BCUT2D eigenvalue weighted by Crippen LogP contribution is 2.19. The third-order valence-electron chi connectivity index (χ3n) is 1.55. The van der Waals surface area contributed by atoms with E-state index in [0.29, 0.717) is 5.69 Å². The van der Waals surface area contributed by atoms with Gasteiger partial charge in [-0.05, 0) is 31.8 Å². The lowest BCUT2D eigenvalue weighted by atomic mass is 10.2. The molecule has 0 fully saturated rings. The molecule has 1 aromatic heterocycles. The number of pyridine rings is 1. The quantitative estimate of drug-likeness (QED) is 0.714. The standard InChI is InChI=1S/C10H14N2OSi/c1-14(2,3)13-10(8-11)9-6-4-5-7-12-9/h4-7,10H,1-3H3/t10-/m1/s1. The first-order chi connectivity index (χ1) is 6.53. The molecular weight excluding hydrogens is 192 g/mol. The zero-order valence-electron chi connectivity index (χ0n) is 8.69. The normalized spacial score (nSPS) is 13.3. The molecule has 0 N–H and O–H groups in total. The Morgan fingerprint density at radius 1 is 1.43 bits per heavy atom. The van der Waals surface area contributed by atoms with Gasteiger partial charge in [0.2, 0.25) is 0 Å². The molecule has 0 aromatic carbocycles. The molecule has 1 heterocycles. The number of rotatable bonds is 3. The van der Waals surface area contributed by atoms with Gasteiger partial charge in [0.25, 0.3) is 0 Å². The van der Waals surface area contributed by atoms with Crippen molar-refractivity contribution in [2.45, 2.75) is 25.7 Å². The number of hydrogen-bond donors (Lipinski definition) is 0. The molecule has 4 heteroatoms. The van der Waals surface area contributed by atoms with Crippen LogP contribution in [-0.4, -0.2) is 13.3 Å². The average molecular weight is 206 g/mol. The summed E-state index contributed by atoms with van der Waals surface area (Å²) in [6, 6.07) is 7.63. The number of hydrogen-bond acceptors (Lipinski definition) is 3. The van der Waals surface area contributed by atoms with E-state index in [0.717, 1.165) is 0 Å².